The van der Waals surface area contributed by atoms with Crippen LogP contribution >= 0.6 is 0 Å². The fourth-order valence-corrected chi connectivity index (χ4v) is 4.03. The summed E-state index contributed by atoms with van der Waals surface area (Å²) in [6.45, 7) is 6.78. The SMILES string of the molecule is Cc1cc(C(C)c2ccccc2)c(-n2ccnc2)c([C@@H](C)c2ccccc2)c1. The predicted molar refractivity (Wildman–Crippen MR) is 116 cm³/mol. The molecule has 0 aliphatic carbocycles. The van der Waals surface area contributed by atoms with E-state index >= 15 is 0 Å². The first-order valence-corrected chi connectivity index (χ1v) is 9.88. The number of benzene rings is 3. The highest BCUT2D eigenvalue weighted by Gasteiger charge is 2.21. The number of hydrogen-bond donors (Lipinski definition) is 0. The lowest BCUT2D eigenvalue weighted by Gasteiger charge is -2.25. The van der Waals surface area contributed by atoms with E-state index in [1.807, 2.05) is 18.7 Å². The minimum absolute atomic E-state index is 0.292. The van der Waals surface area contributed by atoms with Crippen molar-refractivity contribution in [1.29, 1.82) is 0 Å². The first-order chi connectivity index (χ1) is 13.6. The monoisotopic (exact) mass is 366 g/mol. The largest absolute Gasteiger partial charge is 0.306 e. The molecular formula is C26H26N2. The second-order valence-corrected chi connectivity index (χ2v) is 7.53. The Morgan fingerprint density at radius 2 is 1.25 bits per heavy atom. The third-order valence-electron chi connectivity index (χ3n) is 5.61. The first-order valence-electron chi connectivity index (χ1n) is 9.88. The van der Waals surface area contributed by atoms with Gasteiger partial charge in [-0.05, 0) is 29.2 Å². The molecule has 3 aromatic carbocycles. The number of hydrogen-bond acceptors (Lipinski definition) is 1. The van der Waals surface area contributed by atoms with Gasteiger partial charge in [0.25, 0.3) is 0 Å². The van der Waals surface area contributed by atoms with E-state index in [4.69, 9.17) is 0 Å². The molecule has 2 nitrogen and oxygen atoms in total. The Bertz CT molecular complexity index is 968. The van der Waals surface area contributed by atoms with Crippen LogP contribution in [0.4, 0.5) is 0 Å². The highest BCUT2D eigenvalue weighted by molar-refractivity contribution is 5.57. The molecule has 0 saturated carbocycles. The molecule has 0 saturated heterocycles. The van der Waals surface area contributed by atoms with Crippen LogP contribution in [0.15, 0.2) is 91.5 Å². The summed E-state index contributed by atoms with van der Waals surface area (Å²) in [7, 11) is 0. The van der Waals surface area contributed by atoms with E-state index in [1.54, 1.807) is 0 Å². The minimum Gasteiger partial charge on any atom is -0.306 e. The lowest BCUT2D eigenvalue weighted by atomic mass is 9.84. The molecule has 2 heteroatoms. The molecule has 0 aliphatic rings. The van der Waals surface area contributed by atoms with Crippen molar-refractivity contribution >= 4 is 0 Å². The maximum Gasteiger partial charge on any atom is 0.0991 e. The van der Waals surface area contributed by atoms with E-state index in [0.717, 1.165) is 0 Å². The van der Waals surface area contributed by atoms with Gasteiger partial charge < -0.3 is 4.57 Å². The zero-order valence-electron chi connectivity index (χ0n) is 16.7. The van der Waals surface area contributed by atoms with Gasteiger partial charge in [-0.15, -0.1) is 0 Å². The Labute approximate surface area is 167 Å². The van der Waals surface area contributed by atoms with Gasteiger partial charge >= 0.3 is 0 Å². The van der Waals surface area contributed by atoms with E-state index in [1.165, 1.54) is 33.5 Å². The summed E-state index contributed by atoms with van der Waals surface area (Å²) in [6, 6.07) is 26.1. The molecular weight excluding hydrogens is 340 g/mol. The summed E-state index contributed by atoms with van der Waals surface area (Å²) in [5.41, 5.74) is 7.86. The minimum atomic E-state index is 0.292. The van der Waals surface area contributed by atoms with Crippen LogP contribution in [0, 0.1) is 6.92 Å². The van der Waals surface area contributed by atoms with Crippen molar-refractivity contribution in [1.82, 2.24) is 9.55 Å². The lowest BCUT2D eigenvalue weighted by Crippen LogP contribution is -2.10. The van der Waals surface area contributed by atoms with E-state index in [0.29, 0.717) is 11.8 Å². The molecule has 0 aliphatic heterocycles. The quantitative estimate of drug-likeness (QED) is 0.395. The number of aryl methyl sites for hydroxylation is 1. The van der Waals surface area contributed by atoms with Crippen LogP contribution in [0.5, 0.6) is 0 Å². The van der Waals surface area contributed by atoms with Crippen LogP contribution in [0.2, 0.25) is 0 Å². The Kier molecular flexibility index (Phi) is 5.12. The Morgan fingerprint density at radius 3 is 1.68 bits per heavy atom. The van der Waals surface area contributed by atoms with Crippen LogP contribution in [0.3, 0.4) is 0 Å². The fraction of sp³-hybridized carbons (Fsp3) is 0.192. The van der Waals surface area contributed by atoms with Gasteiger partial charge in [0, 0.05) is 24.2 Å². The number of aromatic nitrogens is 2. The van der Waals surface area contributed by atoms with Gasteiger partial charge in [0.05, 0.1) is 12.0 Å². The van der Waals surface area contributed by atoms with Gasteiger partial charge in [-0.2, -0.15) is 0 Å². The van der Waals surface area contributed by atoms with Crippen molar-refractivity contribution in [3.63, 3.8) is 0 Å². The smallest absolute Gasteiger partial charge is 0.0991 e. The maximum absolute atomic E-state index is 4.33. The van der Waals surface area contributed by atoms with Crippen molar-refractivity contribution in [3.05, 3.63) is 119 Å². The van der Waals surface area contributed by atoms with Crippen molar-refractivity contribution in [2.75, 3.05) is 0 Å². The summed E-state index contributed by atoms with van der Waals surface area (Å²) in [5, 5.41) is 0. The van der Waals surface area contributed by atoms with Crippen LogP contribution in [-0.2, 0) is 0 Å². The molecule has 0 spiro atoms. The highest BCUT2D eigenvalue weighted by Crippen LogP contribution is 2.37. The number of imidazole rings is 1. The van der Waals surface area contributed by atoms with Crippen LogP contribution in [0.1, 0.15) is 53.5 Å². The van der Waals surface area contributed by atoms with Crippen molar-refractivity contribution in [2.24, 2.45) is 0 Å². The first kappa shape index (κ1) is 18.2. The van der Waals surface area contributed by atoms with E-state index in [2.05, 4.69) is 103 Å². The Morgan fingerprint density at radius 1 is 0.750 bits per heavy atom. The van der Waals surface area contributed by atoms with E-state index in [-0.39, 0.29) is 0 Å². The topological polar surface area (TPSA) is 17.8 Å². The van der Waals surface area contributed by atoms with Gasteiger partial charge in [-0.3, -0.25) is 0 Å². The Hall–Kier alpha value is -3.13. The summed E-state index contributed by atoms with van der Waals surface area (Å²) in [4.78, 5) is 4.33. The third kappa shape index (κ3) is 3.50. The van der Waals surface area contributed by atoms with Crippen LogP contribution in [-0.4, -0.2) is 9.55 Å². The number of rotatable bonds is 5. The molecule has 0 bridgehead atoms. The summed E-state index contributed by atoms with van der Waals surface area (Å²) >= 11 is 0. The molecule has 1 aromatic heterocycles. The van der Waals surface area contributed by atoms with Crippen molar-refractivity contribution in [2.45, 2.75) is 32.6 Å². The average Bonchev–Trinajstić information content (AvgIpc) is 3.27. The predicted octanol–water partition coefficient (Wildman–Crippen LogP) is 6.48. The average molecular weight is 367 g/mol. The van der Waals surface area contributed by atoms with Crippen molar-refractivity contribution in [3.8, 4) is 5.69 Å². The zero-order chi connectivity index (χ0) is 19.5. The second kappa shape index (κ2) is 7.85. The van der Waals surface area contributed by atoms with Gasteiger partial charge in [0.2, 0.25) is 0 Å². The fourth-order valence-electron chi connectivity index (χ4n) is 4.03. The molecule has 2 atom stereocenters. The number of nitrogens with zero attached hydrogens (tertiary/aromatic N) is 2. The van der Waals surface area contributed by atoms with Gasteiger partial charge in [-0.25, -0.2) is 4.98 Å². The molecule has 0 fully saturated rings. The zero-order valence-corrected chi connectivity index (χ0v) is 16.7. The molecule has 1 unspecified atom stereocenters. The molecule has 28 heavy (non-hydrogen) atoms. The lowest BCUT2D eigenvalue weighted by molar-refractivity contribution is 0.845. The summed E-state index contributed by atoms with van der Waals surface area (Å²) < 4.78 is 2.17. The van der Waals surface area contributed by atoms with Gasteiger partial charge in [0.1, 0.15) is 0 Å². The summed E-state index contributed by atoms with van der Waals surface area (Å²) in [6.07, 6.45) is 5.81. The normalized spacial score (nSPS) is 13.2. The maximum atomic E-state index is 4.33. The van der Waals surface area contributed by atoms with Crippen LogP contribution in [0.25, 0.3) is 5.69 Å². The summed E-state index contributed by atoms with van der Waals surface area (Å²) in [5.74, 6) is 0.584. The molecule has 0 amide bonds. The van der Waals surface area contributed by atoms with E-state index < -0.39 is 0 Å². The molecule has 4 aromatic rings. The van der Waals surface area contributed by atoms with Gasteiger partial charge in [0.15, 0.2) is 0 Å². The third-order valence-corrected chi connectivity index (χ3v) is 5.61. The molecule has 140 valence electrons. The molecule has 0 radical (unpaired) electrons. The standard InChI is InChI=1S/C26H26N2/c1-19-16-24(20(2)22-10-6-4-7-11-22)26(28-15-14-27-18-28)25(17-19)21(3)23-12-8-5-9-13-23/h4-18,20-21H,1-3H3/t20-,21?/m0/s1. The van der Waals surface area contributed by atoms with Crippen molar-refractivity contribution < 1.29 is 0 Å². The van der Waals surface area contributed by atoms with E-state index in [9.17, 15) is 0 Å². The van der Waals surface area contributed by atoms with Gasteiger partial charge in [-0.1, -0.05) is 92.2 Å². The molecule has 4 rings (SSSR count). The van der Waals surface area contributed by atoms with Crippen LogP contribution < -0.4 is 0 Å². The molecule has 1 heterocycles. The highest BCUT2D eigenvalue weighted by atomic mass is 15.0. The molecule has 0 N–H and O–H groups in total. The Balaban J connectivity index is 1.93. The second-order valence-electron chi connectivity index (χ2n) is 7.53.